The molecule has 0 bridgehead atoms. The molecule has 0 spiro atoms. The molecule has 2 rings (SSSR count). The SMILES string of the molecule is CCOC(=O)Cl.CCOC(=O)n1cc(F)c(N)nc1=O.Nc1[nH]c(=O)ncc1F. The molecule has 29 heavy (non-hydrogen) atoms. The van der Waals surface area contributed by atoms with Crippen LogP contribution in [0.1, 0.15) is 13.8 Å². The molecule has 0 aliphatic carbocycles. The Balaban J connectivity index is 0.000000448. The van der Waals surface area contributed by atoms with Gasteiger partial charge in [0, 0.05) is 11.6 Å². The number of anilines is 2. The molecule has 15 heteroatoms. The van der Waals surface area contributed by atoms with Crippen molar-refractivity contribution < 1.29 is 27.8 Å². The van der Waals surface area contributed by atoms with Crippen molar-refractivity contribution in [2.45, 2.75) is 13.8 Å². The van der Waals surface area contributed by atoms with Gasteiger partial charge in [0.2, 0.25) is 0 Å². The Kier molecular flexibility index (Phi) is 11.2. The largest absolute Gasteiger partial charge is 0.454 e. The fourth-order valence-corrected chi connectivity index (χ4v) is 1.38. The maximum atomic E-state index is 12.8. The van der Waals surface area contributed by atoms with Crippen molar-refractivity contribution in [3.63, 3.8) is 0 Å². The van der Waals surface area contributed by atoms with Gasteiger partial charge in [0.1, 0.15) is 5.82 Å². The summed E-state index contributed by atoms with van der Waals surface area (Å²) in [4.78, 5) is 50.0. The first-order valence-electron chi connectivity index (χ1n) is 7.57. The third-order valence-corrected chi connectivity index (χ3v) is 2.53. The highest BCUT2D eigenvalue weighted by molar-refractivity contribution is 6.61. The van der Waals surface area contributed by atoms with Gasteiger partial charge in [0.25, 0.3) is 0 Å². The number of nitrogens with two attached hydrogens (primary N) is 2. The van der Waals surface area contributed by atoms with Gasteiger partial charge in [-0.1, -0.05) is 0 Å². The molecule has 2 aromatic rings. The third kappa shape index (κ3) is 9.81. The average Bonchev–Trinajstić information content (AvgIpc) is 2.62. The summed E-state index contributed by atoms with van der Waals surface area (Å²) in [5, 5.41) is 0. The summed E-state index contributed by atoms with van der Waals surface area (Å²) in [7, 11) is 0. The monoisotopic (exact) mass is 438 g/mol. The fraction of sp³-hybridized carbons (Fsp3) is 0.286. The molecule has 0 radical (unpaired) electrons. The minimum Gasteiger partial charge on any atom is -0.454 e. The number of aromatic nitrogens is 4. The summed E-state index contributed by atoms with van der Waals surface area (Å²) in [6.07, 6.45) is 0.431. The number of carbonyl (C=O) groups excluding carboxylic acids is 2. The van der Waals surface area contributed by atoms with Crippen LogP contribution in [0.3, 0.4) is 0 Å². The lowest BCUT2D eigenvalue weighted by atomic mass is 10.5. The van der Waals surface area contributed by atoms with Crippen LogP contribution in [0.2, 0.25) is 0 Å². The molecule has 0 aliphatic heterocycles. The van der Waals surface area contributed by atoms with Crippen molar-refractivity contribution in [3.8, 4) is 0 Å². The molecule has 0 unspecified atom stereocenters. The summed E-state index contributed by atoms with van der Waals surface area (Å²) in [6, 6.07) is 0. The van der Waals surface area contributed by atoms with E-state index in [4.69, 9.17) is 23.1 Å². The Morgan fingerprint density at radius 2 is 1.76 bits per heavy atom. The van der Waals surface area contributed by atoms with Gasteiger partial charge in [-0.15, -0.1) is 0 Å². The number of rotatable bonds is 2. The summed E-state index contributed by atoms with van der Waals surface area (Å²) in [6.45, 7) is 3.68. The molecule has 2 heterocycles. The van der Waals surface area contributed by atoms with E-state index in [-0.39, 0.29) is 12.4 Å². The predicted octanol–water partition coefficient (Wildman–Crippen LogP) is 0.842. The number of ether oxygens (including phenoxy) is 2. The van der Waals surface area contributed by atoms with Crippen LogP contribution in [0.5, 0.6) is 0 Å². The lowest BCUT2D eigenvalue weighted by molar-refractivity contribution is 0.152. The number of carbonyl (C=O) groups is 2. The van der Waals surface area contributed by atoms with Crippen LogP contribution in [-0.2, 0) is 9.47 Å². The zero-order chi connectivity index (χ0) is 22.6. The zero-order valence-electron chi connectivity index (χ0n) is 15.1. The molecule has 0 aliphatic rings. The normalized spacial score (nSPS) is 9.28. The smallest absolute Gasteiger partial charge is 0.422 e. The number of nitrogen functional groups attached to an aromatic ring is 2. The number of halogens is 3. The van der Waals surface area contributed by atoms with Gasteiger partial charge >= 0.3 is 22.9 Å². The number of H-pyrrole nitrogens is 1. The second-order valence-electron chi connectivity index (χ2n) is 4.45. The van der Waals surface area contributed by atoms with E-state index in [1.54, 1.807) is 13.8 Å². The average molecular weight is 439 g/mol. The summed E-state index contributed by atoms with van der Waals surface area (Å²) < 4.78 is 34.0. The fourth-order valence-electron chi connectivity index (χ4n) is 1.27. The van der Waals surface area contributed by atoms with E-state index in [1.165, 1.54) is 0 Å². The van der Waals surface area contributed by atoms with Crippen LogP contribution in [0.15, 0.2) is 22.0 Å². The zero-order valence-corrected chi connectivity index (χ0v) is 15.9. The maximum Gasteiger partial charge on any atom is 0.422 e. The van der Waals surface area contributed by atoms with Crippen LogP contribution in [0, 0.1) is 11.6 Å². The van der Waals surface area contributed by atoms with Gasteiger partial charge < -0.3 is 20.9 Å². The van der Waals surface area contributed by atoms with Gasteiger partial charge in [-0.2, -0.15) is 14.5 Å². The number of nitrogens with one attached hydrogen (secondary N) is 1. The molecule has 0 atom stereocenters. The highest BCUT2D eigenvalue weighted by Gasteiger charge is 2.11. The van der Waals surface area contributed by atoms with E-state index in [2.05, 4.69) is 19.4 Å². The maximum absolute atomic E-state index is 12.8. The first-order valence-corrected chi connectivity index (χ1v) is 7.95. The second-order valence-corrected chi connectivity index (χ2v) is 4.75. The Morgan fingerprint density at radius 3 is 2.17 bits per heavy atom. The molecule has 0 saturated carbocycles. The summed E-state index contributed by atoms with van der Waals surface area (Å²) in [5.74, 6) is -2.49. The molecule has 0 fully saturated rings. The summed E-state index contributed by atoms with van der Waals surface area (Å²) >= 11 is 4.72. The molecular weight excluding hydrogens is 422 g/mol. The van der Waals surface area contributed by atoms with E-state index in [0.717, 1.165) is 6.20 Å². The molecule has 5 N–H and O–H groups in total. The lowest BCUT2D eigenvalue weighted by Crippen LogP contribution is -2.30. The van der Waals surface area contributed by atoms with E-state index >= 15 is 0 Å². The standard InChI is InChI=1S/C7H8FN3O3.C4H4FN3O.C3H5ClO2/c1-2-14-7(13)11-3-4(8)5(9)10-6(11)12;5-2-1-7-4(9)8-3(2)6;1-2-6-3(4)5/h3H,2H2,1H3,(H2,9,10,12);1H,(H3,6,7,8,9);2H2,1H3. The first kappa shape index (κ1) is 25.4. The van der Waals surface area contributed by atoms with Crippen molar-refractivity contribution in [3.05, 3.63) is 45.0 Å². The lowest BCUT2D eigenvalue weighted by Gasteiger charge is -2.03. The van der Waals surface area contributed by atoms with Crippen LogP contribution in [0.4, 0.5) is 30.0 Å². The number of nitrogens with zero attached hydrogens (tertiary/aromatic N) is 3. The molecular formula is C14H17ClF2N6O6. The van der Waals surface area contributed by atoms with Crippen LogP contribution >= 0.6 is 11.6 Å². The van der Waals surface area contributed by atoms with Gasteiger partial charge in [-0.25, -0.2) is 28.0 Å². The molecule has 2 aromatic heterocycles. The highest BCUT2D eigenvalue weighted by atomic mass is 35.5. The Labute approximate surface area is 166 Å². The van der Waals surface area contributed by atoms with Crippen molar-refractivity contribution in [1.82, 2.24) is 19.5 Å². The van der Waals surface area contributed by atoms with Crippen LogP contribution in [-0.4, -0.2) is 44.3 Å². The van der Waals surface area contributed by atoms with Crippen molar-refractivity contribution in [2.75, 3.05) is 24.7 Å². The van der Waals surface area contributed by atoms with Gasteiger partial charge in [-0.3, -0.25) is 4.98 Å². The van der Waals surface area contributed by atoms with Crippen LogP contribution < -0.4 is 22.8 Å². The molecule has 160 valence electrons. The minimum absolute atomic E-state index is 0.0806. The summed E-state index contributed by atoms with van der Waals surface area (Å²) in [5.41, 5.74) is 7.61. The van der Waals surface area contributed by atoms with Crippen molar-refractivity contribution in [1.29, 1.82) is 0 Å². The molecule has 0 amide bonds. The predicted molar refractivity (Wildman–Crippen MR) is 97.4 cm³/mol. The van der Waals surface area contributed by atoms with Gasteiger partial charge in [0.05, 0.1) is 25.6 Å². The first-order chi connectivity index (χ1) is 13.5. The third-order valence-electron chi connectivity index (χ3n) is 2.43. The van der Waals surface area contributed by atoms with Crippen LogP contribution in [0.25, 0.3) is 0 Å². The van der Waals surface area contributed by atoms with Crippen molar-refractivity contribution in [2.24, 2.45) is 0 Å². The van der Waals surface area contributed by atoms with E-state index < -0.39 is 40.4 Å². The van der Waals surface area contributed by atoms with E-state index in [0.29, 0.717) is 17.4 Å². The molecule has 0 saturated heterocycles. The van der Waals surface area contributed by atoms with E-state index in [9.17, 15) is 28.0 Å². The topological polar surface area (TPSA) is 185 Å². The molecule has 12 nitrogen and oxygen atoms in total. The molecule has 0 aromatic carbocycles. The van der Waals surface area contributed by atoms with E-state index in [1.807, 2.05) is 4.98 Å². The Bertz CT molecular complexity index is 951. The Morgan fingerprint density at radius 1 is 1.17 bits per heavy atom. The van der Waals surface area contributed by atoms with Gasteiger partial charge in [-0.05, 0) is 13.8 Å². The minimum atomic E-state index is -0.983. The Hall–Kier alpha value is -3.55. The number of aromatic amines is 1. The van der Waals surface area contributed by atoms with Crippen molar-refractivity contribution >= 4 is 34.8 Å². The van der Waals surface area contributed by atoms with Gasteiger partial charge in [0.15, 0.2) is 17.5 Å². The second kappa shape index (κ2) is 12.8. The highest BCUT2D eigenvalue weighted by Crippen LogP contribution is 2.01. The number of hydrogen-bond acceptors (Lipinski definition) is 10. The quantitative estimate of drug-likeness (QED) is 0.567. The number of hydrogen-bond donors (Lipinski definition) is 3.